The van der Waals surface area contributed by atoms with E-state index in [0.29, 0.717) is 11.3 Å². The standard InChI is InChI=1S/C16H17NO3/c1-10(18)11-6-4-5-9-14(11)17-15(19)12-7-2-3-8-13(12)16(17)20/h4-6,9,12-13H,2-3,7-8H2,1H3. The summed E-state index contributed by atoms with van der Waals surface area (Å²) in [4.78, 5) is 38.0. The van der Waals surface area contributed by atoms with E-state index in [1.807, 2.05) is 0 Å². The molecule has 3 rings (SSSR count). The van der Waals surface area contributed by atoms with Gasteiger partial charge >= 0.3 is 0 Å². The van der Waals surface area contributed by atoms with Gasteiger partial charge in [-0.1, -0.05) is 25.0 Å². The Morgan fingerprint density at radius 2 is 1.60 bits per heavy atom. The summed E-state index contributed by atoms with van der Waals surface area (Å²) in [5.74, 6) is -0.759. The van der Waals surface area contributed by atoms with Crippen LogP contribution >= 0.6 is 0 Å². The first-order chi connectivity index (χ1) is 9.61. The lowest BCUT2D eigenvalue weighted by Gasteiger charge is -2.19. The quantitative estimate of drug-likeness (QED) is 0.613. The summed E-state index contributed by atoms with van der Waals surface area (Å²) in [6.45, 7) is 1.46. The van der Waals surface area contributed by atoms with Crippen molar-refractivity contribution in [1.82, 2.24) is 0 Å². The number of imide groups is 1. The molecule has 0 aromatic heterocycles. The highest BCUT2D eigenvalue weighted by atomic mass is 16.2. The fraction of sp³-hybridized carbons (Fsp3) is 0.438. The van der Waals surface area contributed by atoms with E-state index in [1.54, 1.807) is 24.3 Å². The highest BCUT2D eigenvalue weighted by molar-refractivity contribution is 6.24. The largest absolute Gasteiger partial charge is 0.294 e. The van der Waals surface area contributed by atoms with Crippen LogP contribution in [0, 0.1) is 11.8 Å². The molecule has 0 spiro atoms. The topological polar surface area (TPSA) is 54.5 Å². The minimum absolute atomic E-state index is 0.129. The second-order valence-corrected chi connectivity index (χ2v) is 5.58. The third-order valence-corrected chi connectivity index (χ3v) is 4.37. The molecule has 1 aliphatic heterocycles. The maximum atomic E-state index is 12.5. The molecular formula is C16H17NO3. The minimum Gasteiger partial charge on any atom is -0.294 e. The first-order valence-electron chi connectivity index (χ1n) is 7.09. The van der Waals surface area contributed by atoms with E-state index in [1.165, 1.54) is 11.8 Å². The van der Waals surface area contributed by atoms with Crippen LogP contribution in [-0.2, 0) is 9.59 Å². The summed E-state index contributed by atoms with van der Waals surface area (Å²) in [6.07, 6.45) is 3.58. The molecule has 2 fully saturated rings. The molecule has 1 aromatic rings. The predicted octanol–water partition coefficient (Wildman–Crippen LogP) is 2.57. The number of anilines is 1. The molecule has 1 aliphatic carbocycles. The fourth-order valence-corrected chi connectivity index (χ4v) is 3.37. The number of hydrogen-bond acceptors (Lipinski definition) is 3. The zero-order chi connectivity index (χ0) is 14.3. The number of carbonyl (C=O) groups is 3. The molecule has 20 heavy (non-hydrogen) atoms. The van der Waals surface area contributed by atoms with Crippen molar-refractivity contribution in [3.05, 3.63) is 29.8 Å². The van der Waals surface area contributed by atoms with Gasteiger partial charge < -0.3 is 0 Å². The zero-order valence-corrected chi connectivity index (χ0v) is 11.5. The maximum Gasteiger partial charge on any atom is 0.237 e. The summed E-state index contributed by atoms with van der Waals surface area (Å²) in [5.41, 5.74) is 0.886. The number of para-hydroxylation sites is 1. The first kappa shape index (κ1) is 13.0. The summed E-state index contributed by atoms with van der Waals surface area (Å²) in [5, 5.41) is 0. The van der Waals surface area contributed by atoms with Crippen molar-refractivity contribution < 1.29 is 14.4 Å². The molecule has 4 heteroatoms. The molecule has 1 heterocycles. The van der Waals surface area contributed by atoms with Crippen LogP contribution in [0.3, 0.4) is 0 Å². The normalized spacial score (nSPS) is 25.8. The van der Waals surface area contributed by atoms with Gasteiger partial charge in [0.25, 0.3) is 0 Å². The molecule has 1 saturated carbocycles. The lowest BCUT2D eigenvalue weighted by molar-refractivity contribution is -0.122. The van der Waals surface area contributed by atoms with Gasteiger partial charge in [-0.15, -0.1) is 0 Å². The Balaban J connectivity index is 2.04. The van der Waals surface area contributed by atoms with E-state index in [4.69, 9.17) is 0 Å². The number of fused-ring (bicyclic) bond motifs is 1. The second kappa shape index (κ2) is 4.85. The minimum atomic E-state index is -0.184. The van der Waals surface area contributed by atoms with Crippen LogP contribution in [-0.4, -0.2) is 17.6 Å². The van der Waals surface area contributed by atoms with Crippen LogP contribution in [0.5, 0.6) is 0 Å². The molecular weight excluding hydrogens is 254 g/mol. The van der Waals surface area contributed by atoms with Gasteiger partial charge in [0.1, 0.15) is 0 Å². The Hall–Kier alpha value is -1.97. The van der Waals surface area contributed by atoms with Gasteiger partial charge in [0.05, 0.1) is 17.5 Å². The number of carbonyl (C=O) groups excluding carboxylic acids is 3. The van der Waals surface area contributed by atoms with Gasteiger partial charge in [-0.25, -0.2) is 4.90 Å². The molecule has 2 amide bonds. The molecule has 2 unspecified atom stereocenters. The van der Waals surface area contributed by atoms with Gasteiger partial charge in [-0.2, -0.15) is 0 Å². The lowest BCUT2D eigenvalue weighted by atomic mass is 9.81. The Kier molecular flexibility index (Phi) is 3.16. The Bertz CT molecular complexity index is 569. The van der Waals surface area contributed by atoms with Gasteiger partial charge in [0.15, 0.2) is 5.78 Å². The van der Waals surface area contributed by atoms with E-state index in [2.05, 4.69) is 0 Å². The molecule has 4 nitrogen and oxygen atoms in total. The molecule has 0 bridgehead atoms. The van der Waals surface area contributed by atoms with Gasteiger partial charge in [-0.3, -0.25) is 14.4 Å². The van der Waals surface area contributed by atoms with Crippen molar-refractivity contribution in [2.75, 3.05) is 4.90 Å². The summed E-state index contributed by atoms with van der Waals surface area (Å²) in [7, 11) is 0. The average molecular weight is 271 g/mol. The van der Waals surface area contributed by atoms with Gasteiger partial charge in [-0.05, 0) is 31.9 Å². The van der Waals surface area contributed by atoms with Crippen molar-refractivity contribution >= 4 is 23.3 Å². The third-order valence-electron chi connectivity index (χ3n) is 4.37. The number of Topliss-reactive ketones (excluding diaryl/α,β-unsaturated/α-hetero) is 1. The van der Waals surface area contributed by atoms with Crippen molar-refractivity contribution in [3.63, 3.8) is 0 Å². The van der Waals surface area contributed by atoms with E-state index >= 15 is 0 Å². The summed E-state index contributed by atoms with van der Waals surface area (Å²) < 4.78 is 0. The number of nitrogens with zero attached hydrogens (tertiary/aromatic N) is 1. The zero-order valence-electron chi connectivity index (χ0n) is 11.5. The molecule has 2 atom stereocenters. The van der Waals surface area contributed by atoms with E-state index in [9.17, 15) is 14.4 Å². The molecule has 0 N–H and O–H groups in total. The molecule has 1 saturated heterocycles. The van der Waals surface area contributed by atoms with Crippen molar-refractivity contribution in [1.29, 1.82) is 0 Å². The average Bonchev–Trinajstić information content (AvgIpc) is 2.71. The van der Waals surface area contributed by atoms with Crippen molar-refractivity contribution in [2.45, 2.75) is 32.6 Å². The lowest BCUT2D eigenvalue weighted by Crippen LogP contribution is -2.32. The van der Waals surface area contributed by atoms with Crippen molar-refractivity contribution in [2.24, 2.45) is 11.8 Å². The molecule has 104 valence electrons. The van der Waals surface area contributed by atoms with Crippen LogP contribution in [0.15, 0.2) is 24.3 Å². The SMILES string of the molecule is CC(=O)c1ccccc1N1C(=O)C2CCCCC2C1=O. The number of amides is 2. The van der Waals surface area contributed by atoms with E-state index in [-0.39, 0.29) is 29.4 Å². The number of benzene rings is 1. The Morgan fingerprint density at radius 3 is 2.15 bits per heavy atom. The van der Waals surface area contributed by atoms with E-state index in [0.717, 1.165) is 25.7 Å². The van der Waals surface area contributed by atoms with Crippen molar-refractivity contribution in [3.8, 4) is 0 Å². The summed E-state index contributed by atoms with van der Waals surface area (Å²) >= 11 is 0. The predicted molar refractivity (Wildman–Crippen MR) is 74.4 cm³/mol. The van der Waals surface area contributed by atoms with Crippen LogP contribution in [0.2, 0.25) is 0 Å². The molecule has 1 aromatic carbocycles. The fourth-order valence-electron chi connectivity index (χ4n) is 3.37. The van der Waals surface area contributed by atoms with Gasteiger partial charge in [0.2, 0.25) is 11.8 Å². The second-order valence-electron chi connectivity index (χ2n) is 5.58. The number of rotatable bonds is 2. The van der Waals surface area contributed by atoms with Crippen LogP contribution in [0.4, 0.5) is 5.69 Å². The van der Waals surface area contributed by atoms with Crippen LogP contribution in [0.25, 0.3) is 0 Å². The first-order valence-corrected chi connectivity index (χ1v) is 7.09. The maximum absolute atomic E-state index is 12.5. The van der Waals surface area contributed by atoms with E-state index < -0.39 is 0 Å². The Labute approximate surface area is 117 Å². The molecule has 0 radical (unpaired) electrons. The number of hydrogen-bond donors (Lipinski definition) is 0. The third kappa shape index (κ3) is 1.87. The smallest absolute Gasteiger partial charge is 0.237 e. The summed E-state index contributed by atoms with van der Waals surface area (Å²) in [6, 6.07) is 6.85. The Morgan fingerprint density at radius 1 is 1.05 bits per heavy atom. The van der Waals surface area contributed by atoms with Crippen LogP contribution < -0.4 is 4.90 Å². The monoisotopic (exact) mass is 271 g/mol. The molecule has 2 aliphatic rings. The number of ketones is 1. The highest BCUT2D eigenvalue weighted by Crippen LogP contribution is 2.40. The van der Waals surface area contributed by atoms with Gasteiger partial charge in [0, 0.05) is 5.56 Å². The highest BCUT2D eigenvalue weighted by Gasteiger charge is 2.49. The van der Waals surface area contributed by atoms with Crippen LogP contribution in [0.1, 0.15) is 43.0 Å².